The fourth-order valence-electron chi connectivity index (χ4n) is 0.638. The Morgan fingerprint density at radius 2 is 2.08 bits per heavy atom. The zero-order valence-electron chi connectivity index (χ0n) is 7.62. The van der Waals surface area contributed by atoms with Crippen molar-refractivity contribution in [2.45, 2.75) is 13.8 Å². The molecule has 0 bridgehead atoms. The van der Waals surface area contributed by atoms with Crippen LogP contribution in [0.4, 0.5) is 5.95 Å². The van der Waals surface area contributed by atoms with Gasteiger partial charge in [-0.05, 0) is 5.92 Å². The molecule has 13 heavy (non-hydrogen) atoms. The Hall–Kier alpha value is -0.870. The maximum atomic E-state index is 5.60. The summed E-state index contributed by atoms with van der Waals surface area (Å²) < 4.78 is 0. The molecule has 0 atom stereocenters. The van der Waals surface area contributed by atoms with Crippen LogP contribution in [-0.2, 0) is 4.84 Å². The van der Waals surface area contributed by atoms with Crippen molar-refractivity contribution in [3.63, 3.8) is 0 Å². The highest BCUT2D eigenvalue weighted by atomic mass is 35.5. The predicted octanol–water partition coefficient (Wildman–Crippen LogP) is 2.13. The van der Waals surface area contributed by atoms with Crippen molar-refractivity contribution in [1.29, 1.82) is 0 Å². The smallest absolute Gasteiger partial charge is 0.247 e. The van der Waals surface area contributed by atoms with Crippen LogP contribution in [0.25, 0.3) is 0 Å². The Morgan fingerprint density at radius 1 is 1.46 bits per heavy atom. The number of aromatic nitrogens is 2. The molecule has 0 aliphatic heterocycles. The van der Waals surface area contributed by atoms with E-state index in [9.17, 15) is 0 Å². The van der Waals surface area contributed by atoms with Crippen LogP contribution in [0.2, 0.25) is 5.02 Å². The van der Waals surface area contributed by atoms with Gasteiger partial charge in [0.05, 0.1) is 24.0 Å². The van der Waals surface area contributed by atoms with E-state index in [0.717, 1.165) is 0 Å². The Labute approximate surface area is 82.3 Å². The average Bonchev–Trinajstić information content (AvgIpc) is 2.08. The van der Waals surface area contributed by atoms with Gasteiger partial charge in [0, 0.05) is 0 Å². The summed E-state index contributed by atoms with van der Waals surface area (Å²) in [7, 11) is 0. The van der Waals surface area contributed by atoms with Gasteiger partial charge in [-0.25, -0.2) is 15.4 Å². The molecule has 0 aliphatic rings. The second-order valence-corrected chi connectivity index (χ2v) is 3.47. The monoisotopic (exact) mass is 201 g/mol. The third kappa shape index (κ3) is 4.05. The van der Waals surface area contributed by atoms with E-state index >= 15 is 0 Å². The van der Waals surface area contributed by atoms with Crippen LogP contribution in [0.15, 0.2) is 12.4 Å². The van der Waals surface area contributed by atoms with Gasteiger partial charge in [-0.1, -0.05) is 25.4 Å². The molecule has 72 valence electrons. The van der Waals surface area contributed by atoms with Crippen molar-refractivity contribution >= 4 is 17.5 Å². The number of nitrogens with zero attached hydrogens (tertiary/aromatic N) is 2. The minimum absolute atomic E-state index is 0.421. The number of halogens is 1. The van der Waals surface area contributed by atoms with Crippen LogP contribution in [-0.4, -0.2) is 16.6 Å². The van der Waals surface area contributed by atoms with Crippen LogP contribution >= 0.6 is 11.6 Å². The SMILES string of the molecule is CC(C)CONc1ncc(Cl)cn1. The molecule has 0 spiro atoms. The normalized spacial score (nSPS) is 10.5. The third-order valence-corrected chi connectivity index (χ3v) is 1.40. The summed E-state index contributed by atoms with van der Waals surface area (Å²) in [6, 6.07) is 0. The first-order valence-electron chi connectivity index (χ1n) is 4.04. The van der Waals surface area contributed by atoms with Crippen molar-refractivity contribution in [2.24, 2.45) is 5.92 Å². The first kappa shape index (κ1) is 10.2. The van der Waals surface area contributed by atoms with E-state index in [-0.39, 0.29) is 0 Å². The lowest BCUT2D eigenvalue weighted by atomic mass is 10.2. The van der Waals surface area contributed by atoms with Crippen molar-refractivity contribution in [3.05, 3.63) is 17.4 Å². The van der Waals surface area contributed by atoms with Crippen LogP contribution < -0.4 is 5.48 Å². The lowest BCUT2D eigenvalue weighted by Crippen LogP contribution is -2.09. The standard InChI is InChI=1S/C8H12ClN3O/c1-6(2)5-13-12-8-10-3-7(9)4-11-8/h3-4,6H,5H2,1-2H3,(H,10,11,12). The quantitative estimate of drug-likeness (QED) is 0.759. The Morgan fingerprint density at radius 3 is 2.62 bits per heavy atom. The lowest BCUT2D eigenvalue weighted by Gasteiger charge is -2.06. The summed E-state index contributed by atoms with van der Waals surface area (Å²) >= 11 is 5.60. The van der Waals surface area contributed by atoms with Crippen LogP contribution in [0.1, 0.15) is 13.8 Å². The number of hydrogen-bond acceptors (Lipinski definition) is 4. The van der Waals surface area contributed by atoms with Crippen molar-refractivity contribution in [3.8, 4) is 0 Å². The molecule has 0 saturated carbocycles. The van der Waals surface area contributed by atoms with Gasteiger partial charge in [0.1, 0.15) is 0 Å². The van der Waals surface area contributed by atoms with Gasteiger partial charge in [-0.2, -0.15) is 0 Å². The van der Waals surface area contributed by atoms with E-state index in [4.69, 9.17) is 16.4 Å². The molecular formula is C8H12ClN3O. The van der Waals surface area contributed by atoms with Crippen LogP contribution in [0, 0.1) is 5.92 Å². The number of rotatable bonds is 4. The minimum Gasteiger partial charge on any atom is -0.273 e. The summed E-state index contributed by atoms with van der Waals surface area (Å²) in [5.41, 5.74) is 2.62. The Bertz CT molecular complexity index is 250. The van der Waals surface area contributed by atoms with Gasteiger partial charge < -0.3 is 0 Å². The maximum Gasteiger partial charge on any atom is 0.247 e. The molecular weight excluding hydrogens is 190 g/mol. The molecule has 1 aromatic rings. The van der Waals surface area contributed by atoms with E-state index < -0.39 is 0 Å². The van der Waals surface area contributed by atoms with Crippen LogP contribution in [0.5, 0.6) is 0 Å². The van der Waals surface area contributed by atoms with Gasteiger partial charge in [-0.15, -0.1) is 0 Å². The van der Waals surface area contributed by atoms with E-state index in [1.54, 1.807) is 0 Å². The van der Waals surface area contributed by atoms with Crippen molar-refractivity contribution in [2.75, 3.05) is 12.1 Å². The van der Waals surface area contributed by atoms with Crippen molar-refractivity contribution in [1.82, 2.24) is 9.97 Å². The van der Waals surface area contributed by atoms with Gasteiger partial charge in [0.15, 0.2) is 0 Å². The topological polar surface area (TPSA) is 47.0 Å². The lowest BCUT2D eigenvalue weighted by molar-refractivity contribution is 0.160. The van der Waals surface area contributed by atoms with Gasteiger partial charge in [0.25, 0.3) is 0 Å². The highest BCUT2D eigenvalue weighted by molar-refractivity contribution is 6.30. The largest absolute Gasteiger partial charge is 0.273 e. The Kier molecular flexibility index (Phi) is 3.92. The van der Waals surface area contributed by atoms with Crippen LogP contribution in [0.3, 0.4) is 0 Å². The number of nitrogens with one attached hydrogen (secondary N) is 1. The molecule has 0 amide bonds. The van der Waals surface area contributed by atoms with E-state index in [2.05, 4.69) is 29.3 Å². The molecule has 0 radical (unpaired) electrons. The second-order valence-electron chi connectivity index (χ2n) is 3.03. The highest BCUT2D eigenvalue weighted by Gasteiger charge is 1.96. The molecule has 0 saturated heterocycles. The fraction of sp³-hybridized carbons (Fsp3) is 0.500. The molecule has 0 aromatic carbocycles. The fourth-order valence-corrected chi connectivity index (χ4v) is 0.735. The molecule has 1 N–H and O–H groups in total. The van der Waals surface area contributed by atoms with Crippen molar-refractivity contribution < 1.29 is 4.84 Å². The molecule has 4 nitrogen and oxygen atoms in total. The zero-order chi connectivity index (χ0) is 9.68. The Balaban J connectivity index is 2.33. The maximum absolute atomic E-state index is 5.60. The summed E-state index contributed by atoms with van der Waals surface area (Å²) in [6.45, 7) is 4.74. The molecule has 1 heterocycles. The molecule has 1 aromatic heterocycles. The van der Waals surface area contributed by atoms with E-state index in [0.29, 0.717) is 23.5 Å². The van der Waals surface area contributed by atoms with Gasteiger partial charge >= 0.3 is 0 Å². The number of anilines is 1. The molecule has 0 unspecified atom stereocenters. The molecule has 0 fully saturated rings. The summed E-state index contributed by atoms with van der Waals surface area (Å²) in [5.74, 6) is 0.893. The molecule has 5 heteroatoms. The minimum atomic E-state index is 0.421. The van der Waals surface area contributed by atoms with E-state index in [1.807, 2.05) is 0 Å². The molecule has 0 aliphatic carbocycles. The third-order valence-electron chi connectivity index (χ3n) is 1.20. The first-order chi connectivity index (χ1) is 6.18. The van der Waals surface area contributed by atoms with E-state index in [1.165, 1.54) is 12.4 Å². The summed E-state index contributed by atoms with van der Waals surface area (Å²) in [4.78, 5) is 12.9. The second kappa shape index (κ2) is 4.99. The van der Waals surface area contributed by atoms with Gasteiger partial charge in [-0.3, -0.25) is 4.84 Å². The first-order valence-corrected chi connectivity index (χ1v) is 4.41. The number of hydrogen-bond donors (Lipinski definition) is 1. The predicted molar refractivity (Wildman–Crippen MR) is 51.5 cm³/mol. The summed E-state index contributed by atoms with van der Waals surface area (Å²) in [6.07, 6.45) is 3.02. The summed E-state index contributed by atoms with van der Waals surface area (Å²) in [5, 5.41) is 0.509. The average molecular weight is 202 g/mol. The molecule has 1 rings (SSSR count). The van der Waals surface area contributed by atoms with Gasteiger partial charge in [0.2, 0.25) is 5.95 Å². The highest BCUT2D eigenvalue weighted by Crippen LogP contribution is 2.05. The zero-order valence-corrected chi connectivity index (χ0v) is 8.38.